The summed E-state index contributed by atoms with van der Waals surface area (Å²) in [7, 11) is 0. The number of halogens is 1. The fourth-order valence-corrected chi connectivity index (χ4v) is 4.60. The predicted octanol–water partition coefficient (Wildman–Crippen LogP) is 3.56. The Morgan fingerprint density at radius 3 is 2.70 bits per heavy atom. The van der Waals surface area contributed by atoms with Gasteiger partial charge in [0.05, 0.1) is 17.7 Å². The second-order valence-corrected chi connectivity index (χ2v) is 8.06. The molecule has 2 aromatic carbocycles. The number of aliphatic hydroxyl groups excluding tert-OH is 1. The summed E-state index contributed by atoms with van der Waals surface area (Å²) in [5, 5.41) is 10.3. The molecule has 3 N–H and O–H groups in total. The molecule has 0 saturated carbocycles. The van der Waals surface area contributed by atoms with E-state index in [2.05, 4.69) is 0 Å². The Morgan fingerprint density at radius 1 is 1.23 bits per heavy atom. The van der Waals surface area contributed by atoms with Crippen molar-refractivity contribution in [1.29, 1.82) is 0 Å². The van der Waals surface area contributed by atoms with Crippen molar-refractivity contribution in [3.05, 3.63) is 70.7 Å². The topological polar surface area (TPSA) is 71.5 Å². The minimum absolute atomic E-state index is 0.00285. The van der Waals surface area contributed by atoms with E-state index in [0.717, 1.165) is 34.9 Å². The largest absolute Gasteiger partial charge is 0.395 e. The van der Waals surface area contributed by atoms with Gasteiger partial charge >= 0.3 is 0 Å². The first-order chi connectivity index (χ1) is 14.5. The van der Waals surface area contributed by atoms with Crippen LogP contribution in [0.5, 0.6) is 0 Å². The minimum atomic E-state index is -0.195. The number of carbonyl (C=O) groups excluding carboxylic acids is 1. The Balaban J connectivity index is 1.55. The predicted molar refractivity (Wildman–Crippen MR) is 116 cm³/mol. The quantitative estimate of drug-likeness (QED) is 0.677. The van der Waals surface area contributed by atoms with E-state index in [9.17, 15) is 14.3 Å². The number of benzene rings is 2. The Kier molecular flexibility index (Phi) is 5.88. The number of piperidine rings is 1. The molecule has 0 radical (unpaired) electrons. The lowest BCUT2D eigenvalue weighted by Crippen LogP contribution is -2.38. The summed E-state index contributed by atoms with van der Waals surface area (Å²) >= 11 is 0. The van der Waals surface area contributed by atoms with Gasteiger partial charge in [0.2, 0.25) is 0 Å². The lowest BCUT2D eigenvalue weighted by Gasteiger charge is -2.32. The Labute approximate surface area is 175 Å². The van der Waals surface area contributed by atoms with E-state index in [1.807, 2.05) is 46.9 Å². The van der Waals surface area contributed by atoms with Crippen molar-refractivity contribution >= 4 is 16.8 Å². The summed E-state index contributed by atoms with van der Waals surface area (Å²) in [6.07, 6.45) is 3.31. The van der Waals surface area contributed by atoms with E-state index in [0.29, 0.717) is 37.3 Å². The molecule has 1 aliphatic heterocycles. The molecule has 1 saturated heterocycles. The van der Waals surface area contributed by atoms with Gasteiger partial charge in [0.15, 0.2) is 0 Å². The fourth-order valence-electron chi connectivity index (χ4n) is 4.60. The van der Waals surface area contributed by atoms with Gasteiger partial charge in [0.25, 0.3) is 5.91 Å². The first-order valence-corrected chi connectivity index (χ1v) is 10.5. The zero-order chi connectivity index (χ0) is 21.3. The van der Waals surface area contributed by atoms with Crippen LogP contribution in [0.1, 0.15) is 45.8 Å². The number of aryl methyl sites for hydroxylation is 1. The number of likely N-dealkylation sites (tertiary alicyclic amines) is 1. The third-order valence-corrected chi connectivity index (χ3v) is 6.19. The summed E-state index contributed by atoms with van der Waals surface area (Å²) in [4.78, 5) is 15.2. The summed E-state index contributed by atoms with van der Waals surface area (Å²) < 4.78 is 16.3. The first kappa shape index (κ1) is 20.6. The van der Waals surface area contributed by atoms with Gasteiger partial charge in [-0.05, 0) is 48.4 Å². The van der Waals surface area contributed by atoms with Crippen LogP contribution in [0.15, 0.2) is 42.6 Å². The number of carbonyl (C=O) groups is 1. The third-order valence-electron chi connectivity index (χ3n) is 6.19. The zero-order valence-corrected chi connectivity index (χ0v) is 17.3. The molecule has 5 nitrogen and oxygen atoms in total. The molecule has 1 aromatic heterocycles. The molecule has 0 atom stereocenters. The standard InChI is InChI=1S/C24H28FN3O2/c1-16-3-2-4-19-21(15-28(11-12-29)23(16)19)24(30)27-9-7-18(8-10-27)20-13-17(14-26)5-6-22(20)25/h2-6,13,15,18,29H,7-12,14,26H2,1H3. The van der Waals surface area contributed by atoms with Crippen molar-refractivity contribution in [3.63, 3.8) is 0 Å². The lowest BCUT2D eigenvalue weighted by atomic mass is 9.88. The average Bonchev–Trinajstić information content (AvgIpc) is 3.14. The van der Waals surface area contributed by atoms with E-state index >= 15 is 0 Å². The number of aliphatic hydroxyl groups is 1. The number of aromatic nitrogens is 1. The van der Waals surface area contributed by atoms with Crippen molar-refractivity contribution in [1.82, 2.24) is 9.47 Å². The van der Waals surface area contributed by atoms with Gasteiger partial charge < -0.3 is 20.3 Å². The highest BCUT2D eigenvalue weighted by molar-refractivity contribution is 6.07. The number of para-hydroxylation sites is 1. The molecule has 158 valence electrons. The number of nitrogens with two attached hydrogens (primary N) is 1. The number of hydrogen-bond donors (Lipinski definition) is 2. The van der Waals surface area contributed by atoms with E-state index in [1.54, 1.807) is 6.07 Å². The van der Waals surface area contributed by atoms with Crippen LogP contribution in [-0.4, -0.2) is 40.2 Å². The molecular formula is C24H28FN3O2. The summed E-state index contributed by atoms with van der Waals surface area (Å²) in [5.74, 6) is -0.102. The fraction of sp³-hybridized carbons (Fsp3) is 0.375. The minimum Gasteiger partial charge on any atom is -0.395 e. The number of fused-ring (bicyclic) bond motifs is 1. The molecule has 0 bridgehead atoms. The van der Waals surface area contributed by atoms with E-state index in [1.165, 1.54) is 6.07 Å². The van der Waals surface area contributed by atoms with Gasteiger partial charge in [-0.1, -0.05) is 30.3 Å². The maximum atomic E-state index is 14.4. The van der Waals surface area contributed by atoms with Crippen LogP contribution < -0.4 is 5.73 Å². The highest BCUT2D eigenvalue weighted by Crippen LogP contribution is 2.32. The van der Waals surface area contributed by atoms with Crippen LogP contribution in [0.4, 0.5) is 4.39 Å². The molecule has 0 spiro atoms. The number of nitrogens with zero attached hydrogens (tertiary/aromatic N) is 2. The highest BCUT2D eigenvalue weighted by Gasteiger charge is 2.28. The average molecular weight is 410 g/mol. The van der Waals surface area contributed by atoms with Crippen molar-refractivity contribution in [2.24, 2.45) is 5.73 Å². The van der Waals surface area contributed by atoms with Crippen molar-refractivity contribution in [2.45, 2.75) is 38.8 Å². The van der Waals surface area contributed by atoms with E-state index in [4.69, 9.17) is 5.73 Å². The van der Waals surface area contributed by atoms with Gasteiger partial charge in [0, 0.05) is 37.8 Å². The van der Waals surface area contributed by atoms with Crippen molar-refractivity contribution in [2.75, 3.05) is 19.7 Å². The number of hydrogen-bond acceptors (Lipinski definition) is 3. The Hall–Kier alpha value is -2.70. The van der Waals surface area contributed by atoms with Gasteiger partial charge in [-0.3, -0.25) is 4.79 Å². The molecule has 1 aliphatic rings. The molecule has 1 fully saturated rings. The molecular weight excluding hydrogens is 381 g/mol. The van der Waals surface area contributed by atoms with Crippen LogP contribution >= 0.6 is 0 Å². The number of amides is 1. The highest BCUT2D eigenvalue weighted by atomic mass is 19.1. The molecule has 1 amide bonds. The van der Waals surface area contributed by atoms with Gasteiger partial charge in [-0.2, -0.15) is 0 Å². The molecule has 30 heavy (non-hydrogen) atoms. The maximum absolute atomic E-state index is 14.4. The van der Waals surface area contributed by atoms with Crippen LogP contribution in [-0.2, 0) is 13.1 Å². The van der Waals surface area contributed by atoms with Crippen LogP contribution in [0.25, 0.3) is 10.9 Å². The zero-order valence-electron chi connectivity index (χ0n) is 17.3. The second-order valence-electron chi connectivity index (χ2n) is 8.06. The Bertz CT molecular complexity index is 1070. The summed E-state index contributed by atoms with van der Waals surface area (Å²) in [6, 6.07) is 11.0. The molecule has 2 heterocycles. The van der Waals surface area contributed by atoms with Gasteiger partial charge in [-0.25, -0.2) is 4.39 Å². The monoisotopic (exact) mass is 409 g/mol. The van der Waals surface area contributed by atoms with Crippen molar-refractivity contribution in [3.8, 4) is 0 Å². The summed E-state index contributed by atoms with van der Waals surface area (Å²) in [5.41, 5.74) is 10.1. The summed E-state index contributed by atoms with van der Waals surface area (Å²) in [6.45, 7) is 4.06. The van der Waals surface area contributed by atoms with Crippen molar-refractivity contribution < 1.29 is 14.3 Å². The SMILES string of the molecule is Cc1cccc2c(C(=O)N3CCC(c4cc(CN)ccc4F)CC3)cn(CCO)c12. The molecule has 0 unspecified atom stereocenters. The first-order valence-electron chi connectivity index (χ1n) is 10.5. The van der Waals surface area contributed by atoms with Gasteiger partial charge in [0.1, 0.15) is 5.82 Å². The van der Waals surface area contributed by atoms with Crippen LogP contribution in [0, 0.1) is 12.7 Å². The normalized spacial score (nSPS) is 15.1. The number of rotatable bonds is 5. The van der Waals surface area contributed by atoms with E-state index in [-0.39, 0.29) is 24.2 Å². The smallest absolute Gasteiger partial charge is 0.256 e. The second kappa shape index (κ2) is 8.58. The Morgan fingerprint density at radius 2 is 2.00 bits per heavy atom. The maximum Gasteiger partial charge on any atom is 0.256 e. The molecule has 4 rings (SSSR count). The van der Waals surface area contributed by atoms with E-state index < -0.39 is 0 Å². The lowest BCUT2D eigenvalue weighted by molar-refractivity contribution is 0.0714. The molecule has 3 aromatic rings. The molecule has 0 aliphatic carbocycles. The molecule has 6 heteroatoms. The van der Waals surface area contributed by atoms with Crippen LogP contribution in [0.2, 0.25) is 0 Å². The van der Waals surface area contributed by atoms with Gasteiger partial charge in [-0.15, -0.1) is 0 Å². The third kappa shape index (κ3) is 3.73. The van der Waals surface area contributed by atoms with Crippen LogP contribution in [0.3, 0.4) is 0 Å².